The predicted octanol–water partition coefficient (Wildman–Crippen LogP) is 5.28. The molecule has 3 heteroatoms. The molecule has 0 unspecified atom stereocenters. The van der Waals surface area contributed by atoms with Crippen molar-refractivity contribution in [2.45, 2.75) is 36.0 Å². The van der Waals surface area contributed by atoms with Gasteiger partial charge in [0.1, 0.15) is 17.6 Å². The summed E-state index contributed by atoms with van der Waals surface area (Å²) < 4.78 is 11.6. The first-order valence-corrected chi connectivity index (χ1v) is 8.49. The van der Waals surface area contributed by atoms with Crippen molar-refractivity contribution in [1.29, 1.82) is 0 Å². The first kappa shape index (κ1) is 13.8. The third-order valence-electron chi connectivity index (χ3n) is 4.11. The largest absolute Gasteiger partial charge is 0.484 e. The predicted molar refractivity (Wildman–Crippen MR) is 90.4 cm³/mol. The topological polar surface area (TPSA) is 22.4 Å². The van der Waals surface area contributed by atoms with E-state index >= 15 is 0 Å². The van der Waals surface area contributed by atoms with Crippen LogP contribution in [0.3, 0.4) is 0 Å². The lowest BCUT2D eigenvalue weighted by Crippen LogP contribution is -2.28. The zero-order chi connectivity index (χ0) is 15.1. The van der Waals surface area contributed by atoms with Gasteiger partial charge in [-0.05, 0) is 53.5 Å². The average Bonchev–Trinajstić information content (AvgIpc) is 3.15. The standard InChI is InChI=1S/C19H18O2S/c1-12(2)13-5-7-16-18(11-13)22-19-14(6-8-17(19)21-16)10-15-4-3-9-20-15/h3-12,17,19H,1-2H3/b14-10-/t17-,19+/m1/s1. The lowest BCUT2D eigenvalue weighted by atomic mass is 10.0. The van der Waals surface area contributed by atoms with Crippen LogP contribution in [-0.2, 0) is 0 Å². The lowest BCUT2D eigenvalue weighted by molar-refractivity contribution is 0.248. The number of benzene rings is 1. The van der Waals surface area contributed by atoms with Crippen LogP contribution in [0.25, 0.3) is 6.08 Å². The second-order valence-corrected chi connectivity index (χ2v) is 7.18. The summed E-state index contributed by atoms with van der Waals surface area (Å²) in [4.78, 5) is 1.24. The molecule has 1 aromatic heterocycles. The van der Waals surface area contributed by atoms with Crippen LogP contribution in [0.15, 0.2) is 63.6 Å². The third-order valence-corrected chi connectivity index (χ3v) is 5.48. The number of ether oxygens (including phenoxy) is 1. The number of hydrogen-bond acceptors (Lipinski definition) is 3. The lowest BCUT2D eigenvalue weighted by Gasteiger charge is -2.29. The summed E-state index contributed by atoms with van der Waals surface area (Å²) in [5.74, 6) is 2.42. The Hall–Kier alpha value is -1.87. The highest BCUT2D eigenvalue weighted by atomic mass is 32.2. The Kier molecular flexibility index (Phi) is 3.38. The van der Waals surface area contributed by atoms with E-state index in [-0.39, 0.29) is 6.10 Å². The molecule has 0 amide bonds. The second kappa shape index (κ2) is 5.40. The van der Waals surface area contributed by atoms with Crippen LogP contribution >= 0.6 is 11.8 Å². The molecule has 1 aliphatic carbocycles. The fourth-order valence-electron chi connectivity index (χ4n) is 2.85. The van der Waals surface area contributed by atoms with E-state index < -0.39 is 0 Å². The van der Waals surface area contributed by atoms with Gasteiger partial charge in [0.05, 0.1) is 16.4 Å². The van der Waals surface area contributed by atoms with Crippen LogP contribution in [0.1, 0.15) is 31.1 Å². The molecular formula is C19H18O2S. The Labute approximate surface area is 134 Å². The van der Waals surface area contributed by atoms with E-state index in [1.54, 1.807) is 6.26 Å². The Morgan fingerprint density at radius 1 is 1.23 bits per heavy atom. The minimum Gasteiger partial charge on any atom is -0.484 e. The number of hydrogen-bond donors (Lipinski definition) is 0. The van der Waals surface area contributed by atoms with Crippen LogP contribution in [0, 0.1) is 0 Å². The Morgan fingerprint density at radius 3 is 2.91 bits per heavy atom. The molecule has 0 bridgehead atoms. The van der Waals surface area contributed by atoms with Crippen molar-refractivity contribution >= 4 is 17.8 Å². The molecule has 2 atom stereocenters. The van der Waals surface area contributed by atoms with Gasteiger partial charge in [0.25, 0.3) is 0 Å². The van der Waals surface area contributed by atoms with E-state index in [1.165, 1.54) is 16.0 Å². The zero-order valence-electron chi connectivity index (χ0n) is 12.7. The summed E-state index contributed by atoms with van der Waals surface area (Å²) >= 11 is 1.89. The smallest absolute Gasteiger partial charge is 0.133 e. The maximum absolute atomic E-state index is 6.16. The first-order valence-electron chi connectivity index (χ1n) is 7.61. The van der Waals surface area contributed by atoms with Gasteiger partial charge in [0, 0.05) is 0 Å². The summed E-state index contributed by atoms with van der Waals surface area (Å²) in [6, 6.07) is 10.4. The SMILES string of the molecule is CC(C)c1ccc2c(c1)S[C@H]1/C(=C\c3ccco3)C=C[C@H]1O2. The van der Waals surface area contributed by atoms with E-state index in [4.69, 9.17) is 9.15 Å². The van der Waals surface area contributed by atoms with Gasteiger partial charge in [-0.1, -0.05) is 26.0 Å². The van der Waals surface area contributed by atoms with Crippen molar-refractivity contribution < 1.29 is 9.15 Å². The quantitative estimate of drug-likeness (QED) is 0.753. The number of allylic oxidation sites excluding steroid dienone is 1. The Balaban J connectivity index is 1.66. The van der Waals surface area contributed by atoms with Gasteiger partial charge < -0.3 is 9.15 Å². The Morgan fingerprint density at radius 2 is 2.14 bits per heavy atom. The normalized spacial score (nSPS) is 24.4. The zero-order valence-corrected chi connectivity index (χ0v) is 13.5. The van der Waals surface area contributed by atoms with Crippen molar-refractivity contribution in [2.24, 2.45) is 0 Å². The highest BCUT2D eigenvalue weighted by molar-refractivity contribution is 8.00. The van der Waals surface area contributed by atoms with Gasteiger partial charge >= 0.3 is 0 Å². The average molecular weight is 310 g/mol. The summed E-state index contributed by atoms with van der Waals surface area (Å²) in [7, 11) is 0. The molecular weight excluding hydrogens is 292 g/mol. The number of furan rings is 1. The molecule has 0 saturated carbocycles. The molecule has 2 aromatic rings. The molecule has 0 radical (unpaired) electrons. The van der Waals surface area contributed by atoms with Crippen LogP contribution in [-0.4, -0.2) is 11.4 Å². The van der Waals surface area contributed by atoms with Gasteiger partial charge in [-0.15, -0.1) is 11.8 Å². The van der Waals surface area contributed by atoms with Crippen LogP contribution < -0.4 is 4.74 Å². The molecule has 0 fully saturated rings. The second-order valence-electron chi connectivity index (χ2n) is 6.00. The molecule has 2 heterocycles. The molecule has 4 rings (SSSR count). The van der Waals surface area contributed by atoms with Gasteiger partial charge in [-0.3, -0.25) is 0 Å². The molecule has 0 spiro atoms. The van der Waals surface area contributed by atoms with Crippen LogP contribution in [0.2, 0.25) is 0 Å². The van der Waals surface area contributed by atoms with Gasteiger partial charge in [-0.2, -0.15) is 0 Å². The molecule has 1 aromatic carbocycles. The minimum atomic E-state index is 0.114. The maximum atomic E-state index is 6.16. The minimum absolute atomic E-state index is 0.114. The summed E-state index contributed by atoms with van der Waals surface area (Å²) in [5.41, 5.74) is 2.61. The summed E-state index contributed by atoms with van der Waals surface area (Å²) in [5, 5.41) is 0.306. The van der Waals surface area contributed by atoms with Crippen LogP contribution in [0.4, 0.5) is 0 Å². The van der Waals surface area contributed by atoms with Crippen molar-refractivity contribution in [3.8, 4) is 5.75 Å². The molecule has 1 aliphatic heterocycles. The molecule has 2 nitrogen and oxygen atoms in total. The number of fused-ring (bicyclic) bond motifs is 2. The fraction of sp³-hybridized carbons (Fsp3) is 0.263. The summed E-state index contributed by atoms with van der Waals surface area (Å²) in [6.07, 6.45) is 8.22. The highest BCUT2D eigenvalue weighted by Gasteiger charge is 2.35. The van der Waals surface area contributed by atoms with Gasteiger partial charge in [-0.25, -0.2) is 0 Å². The van der Waals surface area contributed by atoms with Crippen LogP contribution in [0.5, 0.6) is 5.75 Å². The van der Waals surface area contributed by atoms with E-state index in [0.717, 1.165) is 11.5 Å². The maximum Gasteiger partial charge on any atom is 0.133 e. The van der Waals surface area contributed by atoms with Crippen molar-refractivity contribution in [1.82, 2.24) is 0 Å². The first-order chi connectivity index (χ1) is 10.7. The van der Waals surface area contributed by atoms with Crippen molar-refractivity contribution in [3.05, 3.63) is 65.6 Å². The van der Waals surface area contributed by atoms with Gasteiger partial charge in [0.15, 0.2) is 0 Å². The third kappa shape index (κ3) is 2.40. The fourth-order valence-corrected chi connectivity index (χ4v) is 4.13. The highest BCUT2D eigenvalue weighted by Crippen LogP contribution is 2.46. The molecule has 0 saturated heterocycles. The van der Waals surface area contributed by atoms with Gasteiger partial charge in [0.2, 0.25) is 0 Å². The number of rotatable bonds is 2. The molecule has 0 N–H and O–H groups in total. The molecule has 22 heavy (non-hydrogen) atoms. The van der Waals surface area contributed by atoms with E-state index in [0.29, 0.717) is 11.2 Å². The van der Waals surface area contributed by atoms with E-state index in [9.17, 15) is 0 Å². The Bertz CT molecular complexity index is 741. The molecule has 112 valence electrons. The van der Waals surface area contributed by atoms with E-state index in [1.807, 2.05) is 23.9 Å². The van der Waals surface area contributed by atoms with Crippen molar-refractivity contribution in [3.63, 3.8) is 0 Å². The summed E-state index contributed by atoms with van der Waals surface area (Å²) in [6.45, 7) is 4.44. The monoisotopic (exact) mass is 310 g/mol. The molecule has 2 aliphatic rings. The van der Waals surface area contributed by atoms with Crippen molar-refractivity contribution in [2.75, 3.05) is 0 Å². The van der Waals surface area contributed by atoms with E-state index in [2.05, 4.69) is 50.3 Å². The number of thioether (sulfide) groups is 1.